The van der Waals surface area contributed by atoms with E-state index in [9.17, 15) is 14.0 Å². The molecule has 0 saturated heterocycles. The van der Waals surface area contributed by atoms with Gasteiger partial charge in [-0.05, 0) is 30.7 Å². The smallest absolute Gasteiger partial charge is 0.273 e. The van der Waals surface area contributed by atoms with Crippen molar-refractivity contribution in [3.05, 3.63) is 76.7 Å². The van der Waals surface area contributed by atoms with E-state index in [4.69, 9.17) is 27.9 Å². The molecule has 2 N–H and O–H groups in total. The van der Waals surface area contributed by atoms with Crippen LogP contribution in [0.25, 0.3) is 0 Å². The maximum atomic E-state index is 12.6. The average molecular weight is 428 g/mol. The normalized spacial score (nSPS) is 11.2. The molecule has 2 amide bonds. The van der Waals surface area contributed by atoms with Crippen LogP contribution >= 0.6 is 23.2 Å². The summed E-state index contributed by atoms with van der Waals surface area (Å²) in [5.74, 6) is -1.55. The van der Waals surface area contributed by atoms with Crippen LogP contribution in [0.4, 0.5) is 4.39 Å². The third kappa shape index (κ3) is 8.83. The maximum Gasteiger partial charge on any atom is 0.273 e. The van der Waals surface area contributed by atoms with E-state index in [1.165, 1.54) is 24.6 Å². The lowest BCUT2D eigenvalue weighted by Gasteiger charge is -2.09. The number of nitrogens with one attached hydrogen (secondary N) is 2. The summed E-state index contributed by atoms with van der Waals surface area (Å²) in [4.78, 5) is 27.6. The standard InChI is InChI=1S/C19H20Cl2FN3O3/c1-12-9-17(24-10-16(12)21)19(27)25-13(2)6-7-23-18(26)11-28-8-4-5-15(20)14(3)22/h4-5,8-10H,2-3,6-7,11H2,1H3,(H,23,26)(H,25,27)/b8-4+,15-5+. The summed E-state index contributed by atoms with van der Waals surface area (Å²) in [5, 5.41) is 5.52. The fourth-order valence-electron chi connectivity index (χ4n) is 1.75. The zero-order valence-corrected chi connectivity index (χ0v) is 16.7. The summed E-state index contributed by atoms with van der Waals surface area (Å²) >= 11 is 11.4. The first-order valence-electron chi connectivity index (χ1n) is 8.07. The van der Waals surface area contributed by atoms with Gasteiger partial charge < -0.3 is 15.4 Å². The molecule has 1 rings (SSSR count). The van der Waals surface area contributed by atoms with Crippen molar-refractivity contribution >= 4 is 35.0 Å². The summed E-state index contributed by atoms with van der Waals surface area (Å²) in [6.45, 7) is 8.56. The minimum Gasteiger partial charge on any atom is -0.491 e. The van der Waals surface area contributed by atoms with Gasteiger partial charge in [0.2, 0.25) is 0 Å². The van der Waals surface area contributed by atoms with Crippen LogP contribution in [-0.2, 0) is 9.53 Å². The molecule has 0 bridgehead atoms. The molecule has 0 radical (unpaired) electrons. The lowest BCUT2D eigenvalue weighted by Crippen LogP contribution is -2.30. The van der Waals surface area contributed by atoms with Crippen molar-refractivity contribution in [2.75, 3.05) is 13.2 Å². The van der Waals surface area contributed by atoms with E-state index < -0.39 is 11.7 Å². The Kier molecular flexibility index (Phi) is 9.98. The predicted octanol–water partition coefficient (Wildman–Crippen LogP) is 3.93. The molecule has 0 aliphatic heterocycles. The van der Waals surface area contributed by atoms with Crippen LogP contribution in [0.2, 0.25) is 5.02 Å². The van der Waals surface area contributed by atoms with Gasteiger partial charge in [-0.15, -0.1) is 0 Å². The number of hydrogen-bond donors (Lipinski definition) is 2. The summed E-state index contributed by atoms with van der Waals surface area (Å²) in [6, 6.07) is 1.57. The maximum absolute atomic E-state index is 12.6. The van der Waals surface area contributed by atoms with Crippen molar-refractivity contribution in [1.29, 1.82) is 0 Å². The number of carbonyl (C=O) groups excluding carboxylic acids is 2. The molecule has 28 heavy (non-hydrogen) atoms. The number of aryl methyl sites for hydroxylation is 1. The van der Waals surface area contributed by atoms with E-state index in [0.29, 0.717) is 17.1 Å². The van der Waals surface area contributed by atoms with Gasteiger partial charge >= 0.3 is 0 Å². The van der Waals surface area contributed by atoms with Gasteiger partial charge in [0.05, 0.1) is 16.3 Å². The van der Waals surface area contributed by atoms with Gasteiger partial charge in [-0.3, -0.25) is 9.59 Å². The van der Waals surface area contributed by atoms with Crippen molar-refractivity contribution in [1.82, 2.24) is 15.6 Å². The fourth-order valence-corrected chi connectivity index (χ4v) is 1.92. The molecule has 0 fully saturated rings. The number of halogens is 3. The third-order valence-electron chi connectivity index (χ3n) is 3.21. The summed E-state index contributed by atoms with van der Waals surface area (Å²) in [6.07, 6.45) is 5.51. The third-order valence-corrected chi connectivity index (χ3v) is 3.94. The minimum absolute atomic E-state index is 0.158. The van der Waals surface area contributed by atoms with Crippen molar-refractivity contribution in [2.24, 2.45) is 0 Å². The molecule has 1 heterocycles. The second-order valence-corrected chi connectivity index (χ2v) is 6.35. The van der Waals surface area contributed by atoms with Crippen LogP contribution in [-0.4, -0.2) is 29.9 Å². The van der Waals surface area contributed by atoms with Crippen LogP contribution in [0.15, 0.2) is 60.4 Å². The molecule has 1 aromatic heterocycles. The first-order valence-corrected chi connectivity index (χ1v) is 8.83. The Bertz CT molecular complexity index is 823. The largest absolute Gasteiger partial charge is 0.491 e. The van der Waals surface area contributed by atoms with Crippen LogP contribution < -0.4 is 10.6 Å². The Morgan fingerprint density at radius 3 is 2.75 bits per heavy atom. The van der Waals surface area contributed by atoms with E-state index in [0.717, 1.165) is 5.56 Å². The molecule has 0 aromatic carbocycles. The number of amides is 2. The monoisotopic (exact) mass is 427 g/mol. The lowest BCUT2D eigenvalue weighted by molar-refractivity contribution is -0.123. The zero-order chi connectivity index (χ0) is 21.1. The summed E-state index contributed by atoms with van der Waals surface area (Å²) in [7, 11) is 0. The Labute approximate surface area is 172 Å². The van der Waals surface area contributed by atoms with E-state index >= 15 is 0 Å². The first-order chi connectivity index (χ1) is 13.2. The van der Waals surface area contributed by atoms with Gasteiger partial charge in [-0.25, -0.2) is 9.37 Å². The number of pyridine rings is 1. The SMILES string of the molecule is C=C(CCNC(=O)CO/C=C/C=C(/Cl)C(=C)F)NC(=O)c1cc(C)c(Cl)cn1. The quantitative estimate of drug-likeness (QED) is 0.437. The molecule has 9 heteroatoms. The zero-order valence-electron chi connectivity index (χ0n) is 15.2. The number of hydrogen-bond acceptors (Lipinski definition) is 4. The van der Waals surface area contributed by atoms with E-state index in [2.05, 4.69) is 28.8 Å². The summed E-state index contributed by atoms with van der Waals surface area (Å²) < 4.78 is 17.5. The number of carbonyl (C=O) groups is 2. The Morgan fingerprint density at radius 2 is 2.11 bits per heavy atom. The highest BCUT2D eigenvalue weighted by Gasteiger charge is 2.10. The number of aromatic nitrogens is 1. The molecule has 0 unspecified atom stereocenters. The molecule has 6 nitrogen and oxygen atoms in total. The van der Waals surface area contributed by atoms with Gasteiger partial charge in [0.1, 0.15) is 11.5 Å². The van der Waals surface area contributed by atoms with Gasteiger partial charge in [0, 0.05) is 24.9 Å². The molecular formula is C19H20Cl2FN3O3. The highest BCUT2D eigenvalue weighted by Crippen LogP contribution is 2.14. The average Bonchev–Trinajstić information content (AvgIpc) is 2.63. The first kappa shape index (κ1) is 23.4. The van der Waals surface area contributed by atoms with Crippen molar-refractivity contribution < 1.29 is 18.7 Å². The van der Waals surface area contributed by atoms with E-state index in [1.54, 1.807) is 13.0 Å². The molecule has 0 spiro atoms. The second-order valence-electron chi connectivity index (χ2n) is 5.54. The Morgan fingerprint density at radius 1 is 1.39 bits per heavy atom. The van der Waals surface area contributed by atoms with Crippen LogP contribution in [0, 0.1) is 6.92 Å². The molecule has 0 aliphatic rings. The lowest BCUT2D eigenvalue weighted by atomic mass is 10.2. The van der Waals surface area contributed by atoms with E-state index in [-0.39, 0.29) is 29.8 Å². The van der Waals surface area contributed by atoms with Crippen LogP contribution in [0.1, 0.15) is 22.5 Å². The summed E-state index contributed by atoms with van der Waals surface area (Å²) in [5.41, 5.74) is 1.38. The molecule has 150 valence electrons. The molecule has 0 aliphatic carbocycles. The highest BCUT2D eigenvalue weighted by molar-refractivity contribution is 6.31. The van der Waals surface area contributed by atoms with Gasteiger partial charge in [0.15, 0.2) is 6.61 Å². The van der Waals surface area contributed by atoms with Gasteiger partial charge in [-0.1, -0.05) is 36.4 Å². The van der Waals surface area contributed by atoms with Crippen molar-refractivity contribution in [2.45, 2.75) is 13.3 Å². The molecular weight excluding hydrogens is 408 g/mol. The number of nitrogens with zero attached hydrogens (tertiary/aromatic N) is 1. The van der Waals surface area contributed by atoms with Crippen LogP contribution in [0.5, 0.6) is 0 Å². The number of ether oxygens (including phenoxy) is 1. The van der Waals surface area contributed by atoms with Crippen molar-refractivity contribution in [3.63, 3.8) is 0 Å². The number of rotatable bonds is 10. The Hall–Kier alpha value is -2.64. The van der Waals surface area contributed by atoms with Crippen molar-refractivity contribution in [3.8, 4) is 0 Å². The van der Waals surface area contributed by atoms with E-state index in [1.807, 2.05) is 0 Å². The van der Waals surface area contributed by atoms with Gasteiger partial charge in [0.25, 0.3) is 11.8 Å². The highest BCUT2D eigenvalue weighted by atomic mass is 35.5. The molecule has 0 atom stereocenters. The molecule has 0 saturated carbocycles. The molecule has 1 aromatic rings. The minimum atomic E-state index is -0.765. The van der Waals surface area contributed by atoms with Gasteiger partial charge in [-0.2, -0.15) is 0 Å². The second kappa shape index (κ2) is 11.9. The Balaban J connectivity index is 2.28. The predicted molar refractivity (Wildman–Crippen MR) is 107 cm³/mol. The number of allylic oxidation sites excluding steroid dienone is 4. The topological polar surface area (TPSA) is 80.3 Å². The fraction of sp³-hybridized carbons (Fsp3) is 0.211. The van der Waals surface area contributed by atoms with Crippen LogP contribution in [0.3, 0.4) is 0 Å².